The van der Waals surface area contributed by atoms with Crippen LogP contribution in [0.15, 0.2) is 42.5 Å². The topological polar surface area (TPSA) is 42.0 Å². The predicted octanol–water partition coefficient (Wildman–Crippen LogP) is 4.03. The summed E-state index contributed by atoms with van der Waals surface area (Å²) < 4.78 is 10.8. The molecule has 148 valence electrons. The van der Waals surface area contributed by atoms with Crippen LogP contribution < -0.4 is 14.4 Å². The Morgan fingerprint density at radius 3 is 2.29 bits per heavy atom. The van der Waals surface area contributed by atoms with Gasteiger partial charge in [-0.3, -0.25) is 4.79 Å². The van der Waals surface area contributed by atoms with Crippen LogP contribution in [0.25, 0.3) is 6.08 Å². The van der Waals surface area contributed by atoms with E-state index >= 15 is 0 Å². The maximum Gasteiger partial charge on any atom is 0.246 e. The molecule has 1 aliphatic rings. The molecule has 0 unspecified atom stereocenters. The maximum absolute atomic E-state index is 12.7. The Balaban J connectivity index is 1.66. The molecule has 1 saturated heterocycles. The van der Waals surface area contributed by atoms with Crippen LogP contribution in [0.2, 0.25) is 5.02 Å². The molecule has 1 heterocycles. The zero-order valence-electron chi connectivity index (χ0n) is 16.4. The zero-order valence-corrected chi connectivity index (χ0v) is 17.2. The Hall–Kier alpha value is -2.66. The third kappa shape index (κ3) is 4.42. The van der Waals surface area contributed by atoms with Crippen molar-refractivity contribution in [3.63, 3.8) is 0 Å². The number of carbonyl (C=O) groups is 1. The largest absolute Gasteiger partial charge is 0.496 e. The number of anilines is 1. The van der Waals surface area contributed by atoms with Gasteiger partial charge in [-0.05, 0) is 42.8 Å². The van der Waals surface area contributed by atoms with Gasteiger partial charge in [-0.15, -0.1) is 0 Å². The summed E-state index contributed by atoms with van der Waals surface area (Å²) in [5.74, 6) is 1.32. The molecule has 3 rings (SSSR count). The molecule has 5 nitrogen and oxygen atoms in total. The molecule has 0 bridgehead atoms. The first-order valence-corrected chi connectivity index (χ1v) is 9.60. The average Bonchev–Trinajstić information content (AvgIpc) is 2.73. The highest BCUT2D eigenvalue weighted by Crippen LogP contribution is 2.29. The van der Waals surface area contributed by atoms with Gasteiger partial charge in [-0.25, -0.2) is 0 Å². The Labute approximate surface area is 171 Å². The van der Waals surface area contributed by atoms with Gasteiger partial charge in [0.2, 0.25) is 5.91 Å². The number of methoxy groups -OCH3 is 2. The monoisotopic (exact) mass is 400 g/mol. The van der Waals surface area contributed by atoms with Gasteiger partial charge in [0.05, 0.1) is 19.8 Å². The minimum Gasteiger partial charge on any atom is -0.496 e. The first-order valence-electron chi connectivity index (χ1n) is 9.22. The minimum absolute atomic E-state index is 0.0181. The zero-order chi connectivity index (χ0) is 20.1. The summed E-state index contributed by atoms with van der Waals surface area (Å²) in [6.45, 7) is 4.96. The predicted molar refractivity (Wildman–Crippen MR) is 114 cm³/mol. The van der Waals surface area contributed by atoms with Crippen molar-refractivity contribution in [2.24, 2.45) is 0 Å². The smallest absolute Gasteiger partial charge is 0.246 e. The normalized spacial score (nSPS) is 14.4. The number of amides is 1. The highest BCUT2D eigenvalue weighted by atomic mass is 35.5. The highest BCUT2D eigenvalue weighted by Gasteiger charge is 2.21. The summed E-state index contributed by atoms with van der Waals surface area (Å²) in [5.41, 5.74) is 3.08. The van der Waals surface area contributed by atoms with Gasteiger partial charge in [0, 0.05) is 43.0 Å². The van der Waals surface area contributed by atoms with Gasteiger partial charge < -0.3 is 19.3 Å². The van der Waals surface area contributed by atoms with E-state index in [1.165, 1.54) is 5.56 Å². The number of halogens is 1. The third-order valence-corrected chi connectivity index (χ3v) is 5.20. The van der Waals surface area contributed by atoms with E-state index < -0.39 is 0 Å². The van der Waals surface area contributed by atoms with E-state index in [0.29, 0.717) is 24.6 Å². The van der Waals surface area contributed by atoms with E-state index in [1.807, 2.05) is 41.3 Å². The Kier molecular flexibility index (Phi) is 6.47. The van der Waals surface area contributed by atoms with E-state index in [1.54, 1.807) is 26.4 Å². The molecule has 0 aromatic heterocycles. The molecule has 0 radical (unpaired) electrons. The molecule has 0 aliphatic carbocycles. The molecule has 1 fully saturated rings. The summed E-state index contributed by atoms with van der Waals surface area (Å²) in [7, 11) is 3.20. The second-order valence-electron chi connectivity index (χ2n) is 6.65. The Morgan fingerprint density at radius 1 is 1.04 bits per heavy atom. The molecule has 2 aromatic rings. The number of aryl methyl sites for hydroxylation is 1. The van der Waals surface area contributed by atoms with Crippen molar-refractivity contribution in [1.82, 2.24) is 4.90 Å². The van der Waals surface area contributed by atoms with Crippen LogP contribution in [0, 0.1) is 6.92 Å². The van der Waals surface area contributed by atoms with Gasteiger partial charge in [-0.2, -0.15) is 0 Å². The van der Waals surface area contributed by atoms with Crippen LogP contribution in [0.1, 0.15) is 11.1 Å². The fraction of sp³-hybridized carbons (Fsp3) is 0.318. The lowest BCUT2D eigenvalue weighted by atomic mass is 10.1. The van der Waals surface area contributed by atoms with Crippen molar-refractivity contribution < 1.29 is 14.3 Å². The van der Waals surface area contributed by atoms with Crippen molar-refractivity contribution in [2.75, 3.05) is 45.3 Å². The third-order valence-electron chi connectivity index (χ3n) is 4.96. The van der Waals surface area contributed by atoms with Crippen LogP contribution in [0.3, 0.4) is 0 Å². The van der Waals surface area contributed by atoms with Crippen LogP contribution >= 0.6 is 11.6 Å². The standard InChI is InChI=1S/C22H25ClN2O3/c1-16-7-8-17(23)15-19(16)24-11-13-25(14-12-24)22(26)10-9-18-20(27-2)5-4-6-21(18)28-3/h4-10,15H,11-14H2,1-3H3/b10-9+. The second kappa shape index (κ2) is 9.02. The number of carbonyl (C=O) groups excluding carboxylic acids is 1. The lowest BCUT2D eigenvalue weighted by molar-refractivity contribution is -0.126. The first kappa shape index (κ1) is 20.1. The fourth-order valence-corrected chi connectivity index (χ4v) is 3.56. The van der Waals surface area contributed by atoms with Gasteiger partial charge in [0.25, 0.3) is 0 Å². The fourth-order valence-electron chi connectivity index (χ4n) is 3.40. The Morgan fingerprint density at radius 2 is 1.68 bits per heavy atom. The van der Waals surface area contributed by atoms with Crippen molar-refractivity contribution in [3.05, 3.63) is 58.6 Å². The molecule has 28 heavy (non-hydrogen) atoms. The first-order chi connectivity index (χ1) is 13.5. The van der Waals surface area contributed by atoms with Crippen LogP contribution in [0.4, 0.5) is 5.69 Å². The SMILES string of the molecule is COc1cccc(OC)c1/C=C/C(=O)N1CCN(c2cc(Cl)ccc2C)CC1. The van der Waals surface area contributed by atoms with Gasteiger partial charge in [0.1, 0.15) is 11.5 Å². The van der Waals surface area contributed by atoms with E-state index in [2.05, 4.69) is 11.8 Å². The molecule has 0 N–H and O–H groups in total. The summed E-state index contributed by atoms with van der Waals surface area (Å²) in [6, 6.07) is 11.5. The quantitative estimate of drug-likeness (QED) is 0.711. The molecule has 1 aliphatic heterocycles. The van der Waals surface area contributed by atoms with E-state index in [0.717, 1.165) is 29.4 Å². The lowest BCUT2D eigenvalue weighted by Gasteiger charge is -2.36. The van der Waals surface area contributed by atoms with E-state index in [9.17, 15) is 4.79 Å². The van der Waals surface area contributed by atoms with Crippen molar-refractivity contribution >= 4 is 29.3 Å². The molecular formula is C22H25ClN2O3. The molecule has 0 spiro atoms. The number of benzene rings is 2. The molecule has 0 atom stereocenters. The second-order valence-corrected chi connectivity index (χ2v) is 7.09. The van der Waals surface area contributed by atoms with Gasteiger partial charge in [0.15, 0.2) is 0 Å². The summed E-state index contributed by atoms with van der Waals surface area (Å²) in [6.07, 6.45) is 3.34. The molecule has 1 amide bonds. The highest BCUT2D eigenvalue weighted by molar-refractivity contribution is 6.30. The van der Waals surface area contributed by atoms with Crippen LogP contribution in [-0.4, -0.2) is 51.2 Å². The molecule has 2 aromatic carbocycles. The summed E-state index contributed by atoms with van der Waals surface area (Å²) >= 11 is 6.14. The average molecular weight is 401 g/mol. The van der Waals surface area contributed by atoms with E-state index in [4.69, 9.17) is 21.1 Å². The van der Waals surface area contributed by atoms with Crippen LogP contribution in [0.5, 0.6) is 11.5 Å². The Bertz CT molecular complexity index is 852. The van der Waals surface area contributed by atoms with Crippen molar-refractivity contribution in [3.8, 4) is 11.5 Å². The van der Waals surface area contributed by atoms with Gasteiger partial charge >= 0.3 is 0 Å². The number of ether oxygens (including phenoxy) is 2. The number of rotatable bonds is 5. The molecule has 6 heteroatoms. The minimum atomic E-state index is -0.0181. The van der Waals surface area contributed by atoms with Crippen molar-refractivity contribution in [2.45, 2.75) is 6.92 Å². The summed E-state index contributed by atoms with van der Waals surface area (Å²) in [5, 5.41) is 0.729. The van der Waals surface area contributed by atoms with Gasteiger partial charge in [-0.1, -0.05) is 23.7 Å². The number of piperazine rings is 1. The van der Waals surface area contributed by atoms with Crippen molar-refractivity contribution in [1.29, 1.82) is 0 Å². The molecule has 0 saturated carbocycles. The number of hydrogen-bond acceptors (Lipinski definition) is 4. The number of nitrogens with zero attached hydrogens (tertiary/aromatic N) is 2. The number of hydrogen-bond donors (Lipinski definition) is 0. The summed E-state index contributed by atoms with van der Waals surface area (Å²) in [4.78, 5) is 16.8. The maximum atomic E-state index is 12.7. The molecular weight excluding hydrogens is 376 g/mol. The van der Waals surface area contributed by atoms with Crippen LogP contribution in [-0.2, 0) is 4.79 Å². The van der Waals surface area contributed by atoms with E-state index in [-0.39, 0.29) is 5.91 Å². The lowest BCUT2D eigenvalue weighted by Crippen LogP contribution is -2.48.